The maximum Gasteiger partial charge on any atom is 0.310 e. The van der Waals surface area contributed by atoms with E-state index in [1.54, 1.807) is 17.8 Å². The van der Waals surface area contributed by atoms with Crippen molar-refractivity contribution >= 4 is 17.7 Å². The lowest BCUT2D eigenvalue weighted by atomic mass is 10.1. The predicted octanol–water partition coefficient (Wildman–Crippen LogP) is 4.86. The molecular formula is C22H21NO5S. The molecule has 3 aromatic rings. The number of nitrogens with zero attached hydrogens (tertiary/aromatic N) is 1. The number of rotatable bonds is 7. The SMILES string of the molecule is CC(C)Sc1ccc(CC(=O)OCc2cc(-c3ccc4c(c3)OCO4)on2)cc1. The molecule has 29 heavy (non-hydrogen) atoms. The first-order chi connectivity index (χ1) is 14.1. The largest absolute Gasteiger partial charge is 0.459 e. The number of hydrogen-bond acceptors (Lipinski definition) is 7. The van der Waals surface area contributed by atoms with E-state index in [1.165, 1.54) is 4.90 Å². The Morgan fingerprint density at radius 1 is 1.10 bits per heavy atom. The molecule has 0 bridgehead atoms. The minimum Gasteiger partial charge on any atom is -0.459 e. The van der Waals surface area contributed by atoms with Gasteiger partial charge in [0, 0.05) is 21.8 Å². The molecule has 1 aliphatic rings. The molecule has 0 saturated heterocycles. The fraction of sp³-hybridized carbons (Fsp3) is 0.273. The highest BCUT2D eigenvalue weighted by molar-refractivity contribution is 7.99. The smallest absolute Gasteiger partial charge is 0.310 e. The van der Waals surface area contributed by atoms with E-state index in [9.17, 15) is 4.79 Å². The first kappa shape index (κ1) is 19.4. The number of fused-ring (bicyclic) bond motifs is 1. The van der Waals surface area contributed by atoms with Crippen LogP contribution in [0.2, 0.25) is 0 Å². The highest BCUT2D eigenvalue weighted by Gasteiger charge is 2.16. The van der Waals surface area contributed by atoms with E-state index in [0.717, 1.165) is 11.1 Å². The van der Waals surface area contributed by atoms with Gasteiger partial charge in [0.25, 0.3) is 0 Å². The van der Waals surface area contributed by atoms with Gasteiger partial charge in [-0.3, -0.25) is 4.79 Å². The van der Waals surface area contributed by atoms with Crippen molar-refractivity contribution < 1.29 is 23.5 Å². The van der Waals surface area contributed by atoms with E-state index in [4.69, 9.17) is 18.7 Å². The van der Waals surface area contributed by atoms with Crippen molar-refractivity contribution in [3.63, 3.8) is 0 Å². The number of benzene rings is 2. The Kier molecular flexibility index (Phi) is 5.76. The normalized spacial score (nSPS) is 12.4. The minimum absolute atomic E-state index is 0.0637. The third kappa shape index (κ3) is 4.92. The summed E-state index contributed by atoms with van der Waals surface area (Å²) in [6.45, 7) is 4.58. The van der Waals surface area contributed by atoms with Crippen molar-refractivity contribution in [3.8, 4) is 22.8 Å². The van der Waals surface area contributed by atoms with Crippen molar-refractivity contribution in [2.24, 2.45) is 0 Å². The molecule has 0 atom stereocenters. The van der Waals surface area contributed by atoms with Gasteiger partial charge in [0.15, 0.2) is 17.3 Å². The Morgan fingerprint density at radius 3 is 2.69 bits per heavy atom. The van der Waals surface area contributed by atoms with E-state index in [1.807, 2.05) is 42.5 Å². The number of hydrogen-bond donors (Lipinski definition) is 0. The molecule has 2 heterocycles. The van der Waals surface area contributed by atoms with Crippen LogP contribution in [-0.4, -0.2) is 23.2 Å². The van der Waals surface area contributed by atoms with Gasteiger partial charge in [0.1, 0.15) is 12.3 Å². The summed E-state index contributed by atoms with van der Waals surface area (Å²) in [5, 5.41) is 4.50. The fourth-order valence-corrected chi connectivity index (χ4v) is 3.73. The molecule has 2 aromatic carbocycles. The van der Waals surface area contributed by atoms with E-state index in [-0.39, 0.29) is 25.8 Å². The lowest BCUT2D eigenvalue weighted by Crippen LogP contribution is -2.08. The zero-order valence-corrected chi connectivity index (χ0v) is 17.0. The second-order valence-corrected chi connectivity index (χ2v) is 8.55. The second-order valence-electron chi connectivity index (χ2n) is 6.90. The molecule has 0 aliphatic carbocycles. The Morgan fingerprint density at radius 2 is 1.90 bits per heavy atom. The van der Waals surface area contributed by atoms with Gasteiger partial charge in [-0.05, 0) is 35.9 Å². The van der Waals surface area contributed by atoms with E-state index in [0.29, 0.717) is 28.2 Å². The summed E-state index contributed by atoms with van der Waals surface area (Å²) in [6, 6.07) is 15.3. The number of aromatic nitrogens is 1. The summed E-state index contributed by atoms with van der Waals surface area (Å²) >= 11 is 1.79. The van der Waals surface area contributed by atoms with Crippen LogP contribution in [-0.2, 0) is 22.6 Å². The molecule has 0 fully saturated rings. The van der Waals surface area contributed by atoms with Crippen LogP contribution < -0.4 is 9.47 Å². The highest BCUT2D eigenvalue weighted by atomic mass is 32.2. The van der Waals surface area contributed by atoms with Crippen LogP contribution in [0, 0.1) is 0 Å². The lowest BCUT2D eigenvalue weighted by Gasteiger charge is -2.06. The van der Waals surface area contributed by atoms with Gasteiger partial charge in [-0.15, -0.1) is 11.8 Å². The summed E-state index contributed by atoms with van der Waals surface area (Å²) in [7, 11) is 0. The first-order valence-electron chi connectivity index (χ1n) is 9.33. The van der Waals surface area contributed by atoms with Gasteiger partial charge >= 0.3 is 5.97 Å². The average molecular weight is 411 g/mol. The van der Waals surface area contributed by atoms with Gasteiger partial charge in [-0.1, -0.05) is 31.1 Å². The molecule has 150 valence electrons. The van der Waals surface area contributed by atoms with Crippen LogP contribution >= 0.6 is 11.8 Å². The van der Waals surface area contributed by atoms with Crippen molar-refractivity contribution in [3.05, 3.63) is 59.8 Å². The number of carbonyl (C=O) groups is 1. The third-order valence-corrected chi connectivity index (χ3v) is 5.26. The Balaban J connectivity index is 1.31. The molecule has 0 amide bonds. The van der Waals surface area contributed by atoms with E-state index in [2.05, 4.69) is 19.0 Å². The predicted molar refractivity (Wildman–Crippen MR) is 109 cm³/mol. The van der Waals surface area contributed by atoms with Crippen LogP contribution in [0.15, 0.2) is 57.9 Å². The van der Waals surface area contributed by atoms with E-state index < -0.39 is 0 Å². The van der Waals surface area contributed by atoms with Crippen molar-refractivity contribution in [1.82, 2.24) is 5.16 Å². The zero-order chi connectivity index (χ0) is 20.2. The van der Waals surface area contributed by atoms with Crippen molar-refractivity contribution in [2.75, 3.05) is 6.79 Å². The highest BCUT2D eigenvalue weighted by Crippen LogP contribution is 2.36. The molecular weight excluding hydrogens is 390 g/mol. The maximum atomic E-state index is 12.1. The summed E-state index contributed by atoms with van der Waals surface area (Å²) in [4.78, 5) is 13.3. The van der Waals surface area contributed by atoms with Crippen molar-refractivity contribution in [2.45, 2.75) is 37.0 Å². The first-order valence-corrected chi connectivity index (χ1v) is 10.2. The average Bonchev–Trinajstić information content (AvgIpc) is 3.36. The molecule has 0 N–H and O–H groups in total. The monoisotopic (exact) mass is 411 g/mol. The topological polar surface area (TPSA) is 70.8 Å². The Bertz CT molecular complexity index is 997. The summed E-state index contributed by atoms with van der Waals surface area (Å²) in [5.74, 6) is 1.65. The summed E-state index contributed by atoms with van der Waals surface area (Å²) < 4.78 is 21.4. The second kappa shape index (κ2) is 8.61. The third-order valence-electron chi connectivity index (χ3n) is 4.24. The van der Waals surface area contributed by atoms with Crippen LogP contribution in [0.1, 0.15) is 25.1 Å². The maximum absolute atomic E-state index is 12.1. The van der Waals surface area contributed by atoms with Gasteiger partial charge in [-0.2, -0.15) is 0 Å². The molecule has 1 aliphatic heterocycles. The Labute approximate surface area is 173 Å². The standard InChI is InChI=1S/C22H21NO5S/c1-14(2)29-18-6-3-15(4-7-18)9-22(24)25-12-17-11-20(28-23-17)16-5-8-19-21(10-16)27-13-26-19/h3-8,10-11,14H,9,12-13H2,1-2H3. The number of carbonyl (C=O) groups excluding carboxylic acids is 1. The quantitative estimate of drug-likeness (QED) is 0.406. The molecule has 0 radical (unpaired) electrons. The fourth-order valence-electron chi connectivity index (χ4n) is 2.90. The number of esters is 1. The minimum atomic E-state index is -0.304. The molecule has 0 saturated carbocycles. The number of thioether (sulfide) groups is 1. The van der Waals surface area contributed by atoms with Crippen LogP contribution in [0.5, 0.6) is 11.5 Å². The van der Waals surface area contributed by atoms with Crippen molar-refractivity contribution in [1.29, 1.82) is 0 Å². The number of ether oxygens (including phenoxy) is 3. The lowest BCUT2D eigenvalue weighted by molar-refractivity contribution is -0.144. The molecule has 6 nitrogen and oxygen atoms in total. The van der Waals surface area contributed by atoms with Crippen LogP contribution in [0.25, 0.3) is 11.3 Å². The summed E-state index contributed by atoms with van der Waals surface area (Å²) in [5.41, 5.74) is 2.29. The Hall–Kier alpha value is -2.93. The molecule has 4 rings (SSSR count). The van der Waals surface area contributed by atoms with Crippen LogP contribution in [0.4, 0.5) is 0 Å². The summed E-state index contributed by atoms with van der Waals surface area (Å²) in [6.07, 6.45) is 0.222. The molecule has 0 unspecified atom stereocenters. The van der Waals surface area contributed by atoms with Gasteiger partial charge in [0.05, 0.1) is 6.42 Å². The van der Waals surface area contributed by atoms with Gasteiger partial charge in [0.2, 0.25) is 6.79 Å². The molecule has 7 heteroatoms. The zero-order valence-electron chi connectivity index (χ0n) is 16.2. The van der Waals surface area contributed by atoms with E-state index >= 15 is 0 Å². The molecule has 1 aromatic heterocycles. The molecule has 0 spiro atoms. The van der Waals surface area contributed by atoms with Gasteiger partial charge in [-0.25, -0.2) is 0 Å². The van der Waals surface area contributed by atoms with Gasteiger partial charge < -0.3 is 18.7 Å². The van der Waals surface area contributed by atoms with Crippen LogP contribution in [0.3, 0.4) is 0 Å².